The SMILES string of the molecule is C[C@H]1CCCN(Cc2cc3c4c(cccc4c2)N(c2cc(-c4ccc(C#N)cc4-c4nncn4C)cc(C4CC4)n2)C3=O)C1. The number of carbonyl (C=O) groups excluding carboxylic acids is 1. The Morgan fingerprint density at radius 2 is 1.89 bits per heavy atom. The second-order valence-electron chi connectivity index (χ2n) is 12.7. The molecule has 0 bridgehead atoms. The number of nitriles is 1. The molecule has 2 fully saturated rings. The van der Waals surface area contributed by atoms with Gasteiger partial charge in [0.05, 0.1) is 22.9 Å². The molecule has 2 aliphatic heterocycles. The van der Waals surface area contributed by atoms with E-state index in [-0.39, 0.29) is 5.91 Å². The molecule has 0 N–H and O–H groups in total. The van der Waals surface area contributed by atoms with Crippen LogP contribution < -0.4 is 4.90 Å². The molecule has 2 aromatic heterocycles. The Hall–Kier alpha value is -4.87. The van der Waals surface area contributed by atoms with Crippen LogP contribution in [-0.4, -0.2) is 43.6 Å². The summed E-state index contributed by atoms with van der Waals surface area (Å²) in [6.45, 7) is 5.38. The third kappa shape index (κ3) is 4.56. The maximum absolute atomic E-state index is 14.3. The van der Waals surface area contributed by atoms with Gasteiger partial charge in [-0.05, 0) is 103 Å². The molecule has 1 aliphatic carbocycles. The van der Waals surface area contributed by atoms with E-state index in [9.17, 15) is 10.1 Å². The average molecular weight is 580 g/mol. The van der Waals surface area contributed by atoms with Gasteiger partial charge in [-0.15, -0.1) is 10.2 Å². The van der Waals surface area contributed by atoms with Gasteiger partial charge in [-0.25, -0.2) is 4.98 Å². The van der Waals surface area contributed by atoms with Gasteiger partial charge in [0.1, 0.15) is 12.1 Å². The number of rotatable bonds is 6. The number of hydrogen-bond donors (Lipinski definition) is 0. The molecule has 8 nitrogen and oxygen atoms in total. The molecule has 1 atom stereocenters. The number of aromatic nitrogens is 4. The zero-order chi connectivity index (χ0) is 29.9. The molecule has 3 aliphatic rings. The Kier molecular flexibility index (Phi) is 6.31. The molecule has 0 unspecified atom stereocenters. The van der Waals surface area contributed by atoms with Gasteiger partial charge >= 0.3 is 0 Å². The van der Waals surface area contributed by atoms with E-state index in [1.807, 2.05) is 48.0 Å². The minimum absolute atomic E-state index is 0.0372. The van der Waals surface area contributed by atoms with Crippen molar-refractivity contribution in [1.82, 2.24) is 24.6 Å². The first kappa shape index (κ1) is 26.7. The Bertz CT molecular complexity index is 2000. The highest BCUT2D eigenvalue weighted by Gasteiger charge is 2.34. The van der Waals surface area contributed by atoms with Crippen molar-refractivity contribution in [1.29, 1.82) is 5.26 Å². The lowest BCUT2D eigenvalue weighted by molar-refractivity contribution is 0.100. The van der Waals surface area contributed by atoms with Crippen LogP contribution in [-0.2, 0) is 13.6 Å². The Morgan fingerprint density at radius 1 is 1.00 bits per heavy atom. The molecule has 1 saturated heterocycles. The number of anilines is 2. The van der Waals surface area contributed by atoms with Gasteiger partial charge in [0.25, 0.3) is 5.91 Å². The van der Waals surface area contributed by atoms with E-state index < -0.39 is 0 Å². The topological polar surface area (TPSA) is 90.9 Å². The van der Waals surface area contributed by atoms with Crippen molar-refractivity contribution in [2.24, 2.45) is 13.0 Å². The summed E-state index contributed by atoms with van der Waals surface area (Å²) < 4.78 is 1.85. The molecular formula is C36H33N7O. The Morgan fingerprint density at radius 3 is 2.66 bits per heavy atom. The molecule has 3 aromatic carbocycles. The van der Waals surface area contributed by atoms with E-state index >= 15 is 0 Å². The van der Waals surface area contributed by atoms with Crippen LogP contribution >= 0.6 is 0 Å². The Labute approximate surface area is 256 Å². The largest absolute Gasteiger partial charge is 0.317 e. The third-order valence-electron chi connectivity index (χ3n) is 9.30. The van der Waals surface area contributed by atoms with Crippen LogP contribution in [0.5, 0.6) is 0 Å². The molecular weight excluding hydrogens is 546 g/mol. The molecule has 44 heavy (non-hydrogen) atoms. The van der Waals surface area contributed by atoms with E-state index in [0.29, 0.717) is 29.0 Å². The monoisotopic (exact) mass is 579 g/mol. The third-order valence-corrected chi connectivity index (χ3v) is 9.30. The zero-order valence-electron chi connectivity index (χ0n) is 25.0. The molecule has 8 heteroatoms. The summed E-state index contributed by atoms with van der Waals surface area (Å²) in [5.74, 6) is 2.34. The fourth-order valence-electron chi connectivity index (χ4n) is 7.04. The van der Waals surface area contributed by atoms with Crippen LogP contribution in [0.1, 0.15) is 65.7 Å². The molecule has 4 heterocycles. The summed E-state index contributed by atoms with van der Waals surface area (Å²) >= 11 is 0. The van der Waals surface area contributed by atoms with Crippen LogP contribution in [0.2, 0.25) is 0 Å². The van der Waals surface area contributed by atoms with E-state index in [4.69, 9.17) is 4.98 Å². The van der Waals surface area contributed by atoms with Crippen molar-refractivity contribution < 1.29 is 4.79 Å². The minimum atomic E-state index is -0.0372. The Balaban J connectivity index is 1.24. The summed E-state index contributed by atoms with van der Waals surface area (Å²) in [7, 11) is 1.90. The second-order valence-corrected chi connectivity index (χ2v) is 12.7. The minimum Gasteiger partial charge on any atom is -0.317 e. The lowest BCUT2D eigenvalue weighted by Crippen LogP contribution is -2.33. The number of aryl methyl sites for hydroxylation is 1. The van der Waals surface area contributed by atoms with Crippen LogP contribution in [0.15, 0.2) is 67.0 Å². The first-order valence-electron chi connectivity index (χ1n) is 15.5. The van der Waals surface area contributed by atoms with E-state index in [0.717, 1.165) is 76.9 Å². The maximum atomic E-state index is 14.3. The van der Waals surface area contributed by atoms with Crippen LogP contribution in [0.4, 0.5) is 11.5 Å². The predicted molar refractivity (Wildman–Crippen MR) is 170 cm³/mol. The molecule has 1 saturated carbocycles. The number of benzene rings is 3. The second kappa shape index (κ2) is 10.4. The van der Waals surface area contributed by atoms with Gasteiger partial charge < -0.3 is 4.57 Å². The van der Waals surface area contributed by atoms with Crippen molar-refractivity contribution >= 4 is 28.2 Å². The number of carbonyl (C=O) groups is 1. The van der Waals surface area contributed by atoms with E-state index in [1.54, 1.807) is 11.2 Å². The van der Waals surface area contributed by atoms with Gasteiger partial charge in [0.2, 0.25) is 0 Å². The smallest absolute Gasteiger partial charge is 0.264 e. The molecule has 218 valence electrons. The summed E-state index contributed by atoms with van der Waals surface area (Å²) in [6, 6.07) is 22.6. The predicted octanol–water partition coefficient (Wildman–Crippen LogP) is 6.97. The van der Waals surface area contributed by atoms with E-state index in [1.165, 1.54) is 18.4 Å². The van der Waals surface area contributed by atoms with Crippen LogP contribution in [0, 0.1) is 17.2 Å². The van der Waals surface area contributed by atoms with E-state index in [2.05, 4.69) is 52.4 Å². The van der Waals surface area contributed by atoms with Crippen molar-refractivity contribution in [3.8, 4) is 28.6 Å². The van der Waals surface area contributed by atoms with Gasteiger partial charge in [-0.1, -0.05) is 25.1 Å². The zero-order valence-corrected chi connectivity index (χ0v) is 25.0. The number of hydrogen-bond acceptors (Lipinski definition) is 6. The van der Waals surface area contributed by atoms with Gasteiger partial charge in [-0.2, -0.15) is 5.26 Å². The maximum Gasteiger partial charge on any atom is 0.264 e. The number of piperidine rings is 1. The standard InChI is InChI=1S/C36H33N7O/c1-22-5-4-12-42(19-22)20-24-13-26-6-3-7-32-34(26)30(15-24)36(44)43(32)33-17-27(16-31(39-33)25-9-10-25)28-11-8-23(18-37)14-29(28)35-40-38-21-41(35)2/h3,6-8,11,13-17,21-22,25H,4-5,9-10,12,19-20H2,1-2H3/t22-/m0/s1. The van der Waals surface area contributed by atoms with Crippen LogP contribution in [0.3, 0.4) is 0 Å². The van der Waals surface area contributed by atoms with Gasteiger partial charge in [-0.3, -0.25) is 14.6 Å². The molecule has 5 aromatic rings. The molecule has 0 spiro atoms. The van der Waals surface area contributed by atoms with Crippen molar-refractivity contribution in [3.63, 3.8) is 0 Å². The quantitative estimate of drug-likeness (QED) is 0.216. The lowest BCUT2D eigenvalue weighted by Gasteiger charge is -2.30. The highest BCUT2D eigenvalue weighted by atomic mass is 16.2. The van der Waals surface area contributed by atoms with Crippen LogP contribution in [0.25, 0.3) is 33.3 Å². The molecule has 1 amide bonds. The summed E-state index contributed by atoms with van der Waals surface area (Å²) in [5, 5.41) is 20.2. The number of likely N-dealkylation sites (tertiary alicyclic amines) is 1. The van der Waals surface area contributed by atoms with Gasteiger partial charge in [0.15, 0.2) is 5.82 Å². The fraction of sp³-hybridized carbons (Fsp3) is 0.306. The number of pyridine rings is 1. The number of nitrogens with zero attached hydrogens (tertiary/aromatic N) is 7. The van der Waals surface area contributed by atoms with Crippen molar-refractivity contribution in [3.05, 3.63) is 89.4 Å². The number of amides is 1. The fourth-order valence-corrected chi connectivity index (χ4v) is 7.04. The normalized spacial score (nSPS) is 18.2. The average Bonchev–Trinajstić information content (AvgIpc) is 3.74. The van der Waals surface area contributed by atoms with Crippen molar-refractivity contribution in [2.45, 2.75) is 45.1 Å². The molecule has 0 radical (unpaired) electrons. The van der Waals surface area contributed by atoms with Crippen molar-refractivity contribution in [2.75, 3.05) is 18.0 Å². The highest BCUT2D eigenvalue weighted by Crippen LogP contribution is 2.46. The first-order valence-corrected chi connectivity index (χ1v) is 15.5. The summed E-state index contributed by atoms with van der Waals surface area (Å²) in [4.78, 5) is 23.7. The lowest BCUT2D eigenvalue weighted by atomic mass is 9.96. The summed E-state index contributed by atoms with van der Waals surface area (Å²) in [6.07, 6.45) is 6.34. The highest BCUT2D eigenvalue weighted by molar-refractivity contribution is 6.27. The van der Waals surface area contributed by atoms with Gasteiger partial charge in [0, 0.05) is 42.7 Å². The summed E-state index contributed by atoms with van der Waals surface area (Å²) in [5.41, 5.74) is 7.02. The molecule has 8 rings (SSSR count). The first-order chi connectivity index (χ1) is 21.5.